The second kappa shape index (κ2) is 5.36. The van der Waals surface area contributed by atoms with E-state index < -0.39 is 0 Å². The molecule has 6 heteroatoms. The Labute approximate surface area is 124 Å². The van der Waals surface area contributed by atoms with E-state index in [2.05, 4.69) is 36.2 Å². The van der Waals surface area contributed by atoms with E-state index in [-0.39, 0.29) is 11.5 Å². The largest absolute Gasteiger partial charge is 0.468 e. The predicted molar refractivity (Wildman–Crippen MR) is 84.1 cm³/mol. The number of nitrogens with zero attached hydrogens (tertiary/aromatic N) is 3. The van der Waals surface area contributed by atoms with Crippen LogP contribution in [0.2, 0.25) is 0 Å². The van der Waals surface area contributed by atoms with Gasteiger partial charge in [-0.3, -0.25) is 5.32 Å². The van der Waals surface area contributed by atoms with Crippen molar-refractivity contribution >= 4 is 28.9 Å². The van der Waals surface area contributed by atoms with Crippen LogP contribution < -0.4 is 5.32 Å². The van der Waals surface area contributed by atoms with Crippen LogP contribution in [-0.4, -0.2) is 25.9 Å². The molecule has 5 nitrogen and oxygen atoms in total. The van der Waals surface area contributed by atoms with E-state index in [9.17, 15) is 0 Å². The lowest BCUT2D eigenvalue weighted by molar-refractivity contribution is 0.234. The first-order valence-corrected chi connectivity index (χ1v) is 7.01. The summed E-state index contributed by atoms with van der Waals surface area (Å²) in [5, 5.41) is 7.72. The molecule has 2 aromatic rings. The van der Waals surface area contributed by atoms with Crippen molar-refractivity contribution in [3.8, 4) is 0 Å². The number of thiocarbonyl (C=S) groups is 1. The van der Waals surface area contributed by atoms with E-state index in [4.69, 9.17) is 17.0 Å². The van der Waals surface area contributed by atoms with Gasteiger partial charge in [0.05, 0.1) is 18.0 Å². The average Bonchev–Trinajstić information content (AvgIpc) is 2.70. The Bertz CT molecular complexity index is 628. The van der Waals surface area contributed by atoms with Gasteiger partial charge in [0, 0.05) is 5.41 Å². The molecule has 0 fully saturated rings. The van der Waals surface area contributed by atoms with Gasteiger partial charge in [0.2, 0.25) is 0 Å². The monoisotopic (exact) mass is 292 g/mol. The number of nitrogens with one attached hydrogen (secondary N) is 1. The second-order valence-electron chi connectivity index (χ2n) is 5.98. The molecular weight excluding hydrogens is 272 g/mol. The molecule has 108 valence electrons. The smallest absolute Gasteiger partial charge is 0.262 e. The van der Waals surface area contributed by atoms with Gasteiger partial charge >= 0.3 is 0 Å². The molecule has 0 spiro atoms. The summed E-state index contributed by atoms with van der Waals surface area (Å²) in [7, 11) is 0. The van der Waals surface area contributed by atoms with Crippen LogP contribution in [0.5, 0.6) is 0 Å². The summed E-state index contributed by atoms with van der Waals surface area (Å²) >= 11 is 5.10. The maximum absolute atomic E-state index is 5.38. The van der Waals surface area contributed by atoms with E-state index in [1.807, 2.05) is 32.2 Å². The number of hydrogen-bond donors (Lipinski definition) is 1. The average molecular weight is 292 g/mol. The Kier molecular flexibility index (Phi) is 3.94. The number of imidazole rings is 1. The van der Waals surface area contributed by atoms with Crippen LogP contribution in [0.25, 0.3) is 5.65 Å². The number of aromatic nitrogens is 3. The molecule has 0 saturated carbocycles. The van der Waals surface area contributed by atoms with Crippen molar-refractivity contribution in [3.05, 3.63) is 24.0 Å². The highest BCUT2D eigenvalue weighted by Crippen LogP contribution is 2.21. The fourth-order valence-corrected chi connectivity index (χ4v) is 1.96. The number of fused-ring (bicyclic) bond motifs is 1. The van der Waals surface area contributed by atoms with E-state index in [1.54, 1.807) is 4.52 Å². The molecule has 20 heavy (non-hydrogen) atoms. The molecule has 0 aliphatic heterocycles. The first kappa shape index (κ1) is 14.7. The molecule has 2 aromatic heterocycles. The van der Waals surface area contributed by atoms with E-state index in [0.29, 0.717) is 11.0 Å². The SMILES string of the molecule is CC(C)OC(=S)Nc1ccc2nc(C(C)(C)C)cn2n1. The summed E-state index contributed by atoms with van der Waals surface area (Å²) in [6, 6.07) is 3.74. The Morgan fingerprint density at radius 2 is 2.05 bits per heavy atom. The van der Waals surface area contributed by atoms with Crippen molar-refractivity contribution in [3.63, 3.8) is 0 Å². The number of anilines is 1. The minimum absolute atomic E-state index is 0.00263. The van der Waals surface area contributed by atoms with Crippen LogP contribution in [0.3, 0.4) is 0 Å². The van der Waals surface area contributed by atoms with Crippen molar-refractivity contribution in [2.75, 3.05) is 5.32 Å². The van der Waals surface area contributed by atoms with Crippen molar-refractivity contribution in [2.24, 2.45) is 0 Å². The van der Waals surface area contributed by atoms with Gasteiger partial charge in [-0.05, 0) is 38.2 Å². The van der Waals surface area contributed by atoms with Gasteiger partial charge < -0.3 is 4.74 Å². The third-order valence-corrected chi connectivity index (χ3v) is 2.86. The molecule has 0 aliphatic rings. The summed E-state index contributed by atoms with van der Waals surface area (Å²) in [6.45, 7) is 10.2. The van der Waals surface area contributed by atoms with Gasteiger partial charge in [0.15, 0.2) is 11.5 Å². The molecule has 0 saturated heterocycles. The van der Waals surface area contributed by atoms with Gasteiger partial charge in [0.25, 0.3) is 5.17 Å². The van der Waals surface area contributed by atoms with Crippen LogP contribution in [-0.2, 0) is 10.2 Å². The summed E-state index contributed by atoms with van der Waals surface area (Å²) in [4.78, 5) is 4.56. The molecule has 1 N–H and O–H groups in total. The molecule has 2 rings (SSSR count). The van der Waals surface area contributed by atoms with Gasteiger partial charge in [-0.2, -0.15) is 0 Å². The van der Waals surface area contributed by atoms with E-state index in [1.165, 1.54) is 0 Å². The fourth-order valence-electron chi connectivity index (χ4n) is 1.66. The van der Waals surface area contributed by atoms with Crippen LogP contribution in [0, 0.1) is 0 Å². The van der Waals surface area contributed by atoms with Crippen LogP contribution >= 0.6 is 12.2 Å². The maximum Gasteiger partial charge on any atom is 0.262 e. The fraction of sp³-hybridized carbons (Fsp3) is 0.500. The first-order valence-electron chi connectivity index (χ1n) is 6.60. The van der Waals surface area contributed by atoms with Crippen molar-refractivity contribution < 1.29 is 4.74 Å². The molecule has 0 amide bonds. The third-order valence-electron chi connectivity index (χ3n) is 2.66. The normalized spacial score (nSPS) is 11.9. The Hall–Kier alpha value is -1.69. The molecule has 0 aromatic carbocycles. The standard InChI is InChI=1S/C14H20N4OS/c1-9(2)19-13(20)16-11-6-7-12-15-10(14(3,4)5)8-18(12)17-11/h6-9H,1-5H3,(H,16,17,20). The lowest BCUT2D eigenvalue weighted by atomic mass is 9.93. The van der Waals surface area contributed by atoms with Crippen LogP contribution in [0.1, 0.15) is 40.3 Å². The molecule has 0 bridgehead atoms. The first-order chi connectivity index (χ1) is 9.25. The number of rotatable bonds is 2. The number of hydrogen-bond acceptors (Lipinski definition) is 4. The van der Waals surface area contributed by atoms with Gasteiger partial charge in [-0.15, -0.1) is 5.10 Å². The summed E-state index contributed by atoms with van der Waals surface area (Å²) in [6.07, 6.45) is 1.98. The lowest BCUT2D eigenvalue weighted by Crippen LogP contribution is -2.18. The number of ether oxygens (including phenoxy) is 1. The van der Waals surface area contributed by atoms with E-state index >= 15 is 0 Å². The van der Waals surface area contributed by atoms with Crippen LogP contribution in [0.4, 0.5) is 5.82 Å². The molecular formula is C14H20N4OS. The second-order valence-corrected chi connectivity index (χ2v) is 6.35. The zero-order valence-electron chi connectivity index (χ0n) is 12.5. The van der Waals surface area contributed by atoms with Crippen molar-refractivity contribution in [1.82, 2.24) is 14.6 Å². The van der Waals surface area contributed by atoms with Gasteiger partial charge in [-0.25, -0.2) is 9.50 Å². The van der Waals surface area contributed by atoms with Crippen molar-refractivity contribution in [2.45, 2.75) is 46.1 Å². The van der Waals surface area contributed by atoms with Gasteiger partial charge in [-0.1, -0.05) is 20.8 Å². The molecule has 0 radical (unpaired) electrons. The molecule has 0 unspecified atom stereocenters. The predicted octanol–water partition coefficient (Wildman–Crippen LogP) is 3.15. The highest BCUT2D eigenvalue weighted by molar-refractivity contribution is 7.80. The lowest BCUT2D eigenvalue weighted by Gasteiger charge is -2.13. The maximum atomic E-state index is 5.38. The van der Waals surface area contributed by atoms with Crippen LogP contribution in [0.15, 0.2) is 18.3 Å². The Balaban J connectivity index is 2.23. The molecule has 0 atom stereocenters. The minimum Gasteiger partial charge on any atom is -0.468 e. The minimum atomic E-state index is -0.00263. The highest BCUT2D eigenvalue weighted by atomic mass is 32.1. The summed E-state index contributed by atoms with van der Waals surface area (Å²) in [5.74, 6) is 0.640. The van der Waals surface area contributed by atoms with Gasteiger partial charge in [0.1, 0.15) is 0 Å². The zero-order valence-corrected chi connectivity index (χ0v) is 13.3. The third kappa shape index (κ3) is 3.45. The topological polar surface area (TPSA) is 51.5 Å². The zero-order chi connectivity index (χ0) is 14.9. The quantitative estimate of drug-likeness (QED) is 0.862. The molecule has 2 heterocycles. The summed E-state index contributed by atoms with van der Waals surface area (Å²) in [5.41, 5.74) is 1.82. The highest BCUT2D eigenvalue weighted by Gasteiger charge is 2.18. The summed E-state index contributed by atoms with van der Waals surface area (Å²) < 4.78 is 7.13. The van der Waals surface area contributed by atoms with E-state index in [0.717, 1.165) is 11.3 Å². The Morgan fingerprint density at radius 3 is 2.65 bits per heavy atom. The Morgan fingerprint density at radius 1 is 1.35 bits per heavy atom. The molecule has 0 aliphatic carbocycles. The van der Waals surface area contributed by atoms with Crippen molar-refractivity contribution in [1.29, 1.82) is 0 Å².